The van der Waals surface area contributed by atoms with Gasteiger partial charge in [0.05, 0.1) is 19.8 Å². The van der Waals surface area contributed by atoms with Crippen molar-refractivity contribution in [2.45, 2.75) is 38.0 Å². The average Bonchev–Trinajstić information content (AvgIpc) is 2.30. The highest BCUT2D eigenvalue weighted by atomic mass is 16.6. The molecule has 0 aromatic carbocycles. The summed E-state index contributed by atoms with van der Waals surface area (Å²) in [5.41, 5.74) is 0. The van der Waals surface area contributed by atoms with Crippen molar-refractivity contribution < 1.29 is 14.3 Å². The molecule has 0 radical (unpaired) electrons. The van der Waals surface area contributed by atoms with Crippen LogP contribution in [0.2, 0.25) is 0 Å². The summed E-state index contributed by atoms with van der Waals surface area (Å²) in [6.07, 6.45) is 1.56. The van der Waals surface area contributed by atoms with Crippen LogP contribution in [0.25, 0.3) is 0 Å². The maximum atomic E-state index is 11.8. The van der Waals surface area contributed by atoms with Gasteiger partial charge in [-0.05, 0) is 26.3 Å². The molecular weight excluding hydrogens is 208 g/mol. The van der Waals surface area contributed by atoms with Gasteiger partial charge in [-0.1, -0.05) is 0 Å². The van der Waals surface area contributed by atoms with Crippen molar-refractivity contribution in [1.29, 1.82) is 0 Å². The lowest BCUT2D eigenvalue weighted by Gasteiger charge is -2.30. The Morgan fingerprint density at radius 3 is 3.00 bits per heavy atom. The highest BCUT2D eigenvalue weighted by Gasteiger charge is 2.26. The van der Waals surface area contributed by atoms with E-state index in [0.717, 1.165) is 19.4 Å². The normalized spacial score (nSPS) is 35.7. The Morgan fingerprint density at radius 2 is 2.31 bits per heavy atom. The van der Waals surface area contributed by atoms with Crippen molar-refractivity contribution in [3.05, 3.63) is 0 Å². The number of carbonyl (C=O) groups excluding carboxylic acids is 1. The molecule has 16 heavy (non-hydrogen) atoms. The minimum atomic E-state index is -0.418. The van der Waals surface area contributed by atoms with Gasteiger partial charge in [0, 0.05) is 12.1 Å². The first-order valence-electron chi connectivity index (χ1n) is 5.99. The van der Waals surface area contributed by atoms with E-state index < -0.39 is 6.10 Å². The molecule has 92 valence electrons. The molecule has 2 heterocycles. The lowest BCUT2D eigenvalue weighted by Crippen LogP contribution is -2.51. The van der Waals surface area contributed by atoms with Crippen molar-refractivity contribution >= 4 is 5.91 Å². The Morgan fingerprint density at radius 1 is 1.44 bits per heavy atom. The molecule has 2 aliphatic rings. The third-order valence-electron chi connectivity index (χ3n) is 3.08. The molecule has 0 aromatic heterocycles. The minimum Gasteiger partial charge on any atom is -0.376 e. The molecule has 3 atom stereocenters. The predicted molar refractivity (Wildman–Crippen MR) is 59.2 cm³/mol. The van der Waals surface area contributed by atoms with Gasteiger partial charge in [-0.15, -0.1) is 0 Å². The van der Waals surface area contributed by atoms with Crippen molar-refractivity contribution in [2.75, 3.05) is 26.4 Å². The van der Waals surface area contributed by atoms with Gasteiger partial charge >= 0.3 is 0 Å². The molecule has 3 unspecified atom stereocenters. The van der Waals surface area contributed by atoms with Gasteiger partial charge in [0.2, 0.25) is 0 Å². The fourth-order valence-electron chi connectivity index (χ4n) is 2.20. The second-order valence-corrected chi connectivity index (χ2v) is 4.52. The van der Waals surface area contributed by atoms with Crippen LogP contribution in [0.3, 0.4) is 0 Å². The molecule has 2 aliphatic heterocycles. The van der Waals surface area contributed by atoms with Gasteiger partial charge in [-0.3, -0.25) is 4.79 Å². The standard InChI is InChI=1S/C11H20N2O3/c1-8-6-9(2-3-12-8)13-11(14)10-7-15-4-5-16-10/h8-10,12H,2-7H2,1H3,(H,13,14). The quantitative estimate of drug-likeness (QED) is 0.679. The second-order valence-electron chi connectivity index (χ2n) is 4.52. The monoisotopic (exact) mass is 228 g/mol. The molecule has 2 fully saturated rings. The van der Waals surface area contributed by atoms with Crippen molar-refractivity contribution in [3.63, 3.8) is 0 Å². The summed E-state index contributed by atoms with van der Waals surface area (Å²) in [4.78, 5) is 11.8. The molecule has 5 nitrogen and oxygen atoms in total. The summed E-state index contributed by atoms with van der Waals surface area (Å²) in [6.45, 7) is 4.59. The Kier molecular flexibility index (Phi) is 4.15. The summed E-state index contributed by atoms with van der Waals surface area (Å²) >= 11 is 0. The predicted octanol–water partition coefficient (Wildman–Crippen LogP) is -0.341. The smallest absolute Gasteiger partial charge is 0.251 e. The molecule has 0 bridgehead atoms. The summed E-state index contributed by atoms with van der Waals surface area (Å²) in [5.74, 6) is -0.0289. The Bertz CT molecular complexity index is 241. The van der Waals surface area contributed by atoms with E-state index in [1.165, 1.54) is 0 Å². The van der Waals surface area contributed by atoms with E-state index in [1.807, 2.05) is 0 Å². The van der Waals surface area contributed by atoms with Crippen molar-refractivity contribution in [2.24, 2.45) is 0 Å². The fraction of sp³-hybridized carbons (Fsp3) is 0.909. The number of amides is 1. The van der Waals surface area contributed by atoms with Gasteiger partial charge in [-0.25, -0.2) is 0 Å². The molecule has 0 saturated carbocycles. The molecule has 2 saturated heterocycles. The number of ether oxygens (including phenoxy) is 2. The molecule has 2 rings (SSSR count). The highest BCUT2D eigenvalue weighted by Crippen LogP contribution is 2.09. The van der Waals surface area contributed by atoms with E-state index >= 15 is 0 Å². The van der Waals surface area contributed by atoms with Crippen LogP contribution in [-0.4, -0.2) is 50.5 Å². The molecule has 1 amide bonds. The van der Waals surface area contributed by atoms with E-state index in [2.05, 4.69) is 17.6 Å². The largest absolute Gasteiger partial charge is 0.376 e. The topological polar surface area (TPSA) is 59.6 Å². The van der Waals surface area contributed by atoms with E-state index in [4.69, 9.17) is 9.47 Å². The number of hydrogen-bond donors (Lipinski definition) is 2. The first-order chi connectivity index (χ1) is 7.75. The summed E-state index contributed by atoms with van der Waals surface area (Å²) < 4.78 is 10.6. The minimum absolute atomic E-state index is 0.0289. The van der Waals surface area contributed by atoms with Crippen LogP contribution < -0.4 is 10.6 Å². The lowest BCUT2D eigenvalue weighted by molar-refractivity contribution is -0.148. The molecule has 0 aliphatic carbocycles. The van der Waals surface area contributed by atoms with E-state index in [-0.39, 0.29) is 11.9 Å². The molecule has 0 spiro atoms. The van der Waals surface area contributed by atoms with Crippen molar-refractivity contribution in [1.82, 2.24) is 10.6 Å². The van der Waals surface area contributed by atoms with Crippen LogP contribution in [0.5, 0.6) is 0 Å². The van der Waals surface area contributed by atoms with Gasteiger partial charge in [-0.2, -0.15) is 0 Å². The lowest BCUT2D eigenvalue weighted by atomic mass is 10.0. The molecular formula is C11H20N2O3. The van der Waals surface area contributed by atoms with E-state index in [1.54, 1.807) is 0 Å². The van der Waals surface area contributed by atoms with Gasteiger partial charge in [0.25, 0.3) is 5.91 Å². The van der Waals surface area contributed by atoms with Crippen molar-refractivity contribution in [3.8, 4) is 0 Å². The Balaban J connectivity index is 1.77. The summed E-state index contributed by atoms with van der Waals surface area (Å²) in [5, 5.41) is 6.39. The van der Waals surface area contributed by atoms with Crippen LogP contribution >= 0.6 is 0 Å². The zero-order valence-corrected chi connectivity index (χ0v) is 9.70. The fourth-order valence-corrected chi connectivity index (χ4v) is 2.20. The highest BCUT2D eigenvalue weighted by molar-refractivity contribution is 5.81. The third kappa shape index (κ3) is 3.17. The Labute approximate surface area is 95.9 Å². The van der Waals surface area contributed by atoms with Gasteiger partial charge < -0.3 is 20.1 Å². The number of piperidine rings is 1. The maximum absolute atomic E-state index is 11.8. The van der Waals surface area contributed by atoms with E-state index in [0.29, 0.717) is 25.9 Å². The molecule has 0 aromatic rings. The summed E-state index contributed by atoms with van der Waals surface area (Å²) in [7, 11) is 0. The Hall–Kier alpha value is -0.650. The van der Waals surface area contributed by atoms with Crippen LogP contribution in [0.1, 0.15) is 19.8 Å². The zero-order chi connectivity index (χ0) is 11.4. The number of nitrogens with one attached hydrogen (secondary N) is 2. The molecule has 2 N–H and O–H groups in total. The first-order valence-corrected chi connectivity index (χ1v) is 5.99. The maximum Gasteiger partial charge on any atom is 0.251 e. The number of rotatable bonds is 2. The molecule has 5 heteroatoms. The van der Waals surface area contributed by atoms with Gasteiger partial charge in [0.15, 0.2) is 6.10 Å². The summed E-state index contributed by atoms with van der Waals surface area (Å²) in [6, 6.07) is 0.747. The first kappa shape index (κ1) is 11.8. The zero-order valence-electron chi connectivity index (χ0n) is 9.70. The van der Waals surface area contributed by atoms with Crippen LogP contribution in [-0.2, 0) is 14.3 Å². The van der Waals surface area contributed by atoms with Crippen LogP contribution in [0.4, 0.5) is 0 Å². The number of hydrogen-bond acceptors (Lipinski definition) is 4. The third-order valence-corrected chi connectivity index (χ3v) is 3.08. The average molecular weight is 228 g/mol. The SMILES string of the molecule is CC1CC(NC(=O)C2COCCO2)CCN1. The van der Waals surface area contributed by atoms with Crippen LogP contribution in [0, 0.1) is 0 Å². The van der Waals surface area contributed by atoms with Crippen LogP contribution in [0.15, 0.2) is 0 Å². The second kappa shape index (κ2) is 5.61. The number of carbonyl (C=O) groups is 1. The van der Waals surface area contributed by atoms with Gasteiger partial charge in [0.1, 0.15) is 0 Å². The van der Waals surface area contributed by atoms with E-state index in [9.17, 15) is 4.79 Å².